The number of ether oxygens (including phenoxy) is 4. The molecule has 1 aliphatic rings. The smallest absolute Gasteiger partial charge is 0.254 e. The Labute approximate surface area is 170 Å². The van der Waals surface area contributed by atoms with Crippen molar-refractivity contribution in [2.24, 2.45) is 0 Å². The Balaban J connectivity index is 2.03. The normalized spacial score (nSPS) is 14.8. The number of carbonyl (C=O) groups excluding carboxylic acids is 1. The van der Waals surface area contributed by atoms with Gasteiger partial charge in [0, 0.05) is 17.6 Å². The number of phenolic OH excluding ortho intramolecular Hbond substituents is 1. The van der Waals surface area contributed by atoms with Crippen molar-refractivity contribution in [2.75, 3.05) is 28.4 Å². The van der Waals surface area contributed by atoms with Crippen LogP contribution in [0.5, 0.6) is 28.7 Å². The van der Waals surface area contributed by atoms with Gasteiger partial charge in [0.25, 0.3) is 5.91 Å². The summed E-state index contributed by atoms with van der Waals surface area (Å²) in [6.45, 7) is 4.41. The van der Waals surface area contributed by atoms with Gasteiger partial charge in [0.05, 0.1) is 28.4 Å². The number of carbonyl (C=O) groups is 1. The molecule has 0 bridgehead atoms. The molecule has 156 valence electrons. The van der Waals surface area contributed by atoms with E-state index < -0.39 is 5.54 Å². The van der Waals surface area contributed by atoms with Crippen LogP contribution in [0.1, 0.15) is 35.3 Å². The van der Waals surface area contributed by atoms with E-state index in [0.29, 0.717) is 41.5 Å². The second-order valence-corrected chi connectivity index (χ2v) is 7.59. The average Bonchev–Trinajstić information content (AvgIpc) is 2.70. The molecule has 1 aliphatic heterocycles. The van der Waals surface area contributed by atoms with Gasteiger partial charge in [0.1, 0.15) is 0 Å². The maximum Gasteiger partial charge on any atom is 0.254 e. The lowest BCUT2D eigenvalue weighted by atomic mass is 9.84. The molecule has 0 aromatic heterocycles. The Hall–Kier alpha value is -3.09. The first-order chi connectivity index (χ1) is 13.7. The first-order valence-electron chi connectivity index (χ1n) is 9.26. The van der Waals surface area contributed by atoms with Gasteiger partial charge in [0.15, 0.2) is 23.0 Å². The van der Waals surface area contributed by atoms with Crippen LogP contribution in [0.3, 0.4) is 0 Å². The van der Waals surface area contributed by atoms with Gasteiger partial charge < -0.3 is 29.0 Å². The van der Waals surface area contributed by atoms with Crippen molar-refractivity contribution < 1.29 is 28.8 Å². The van der Waals surface area contributed by atoms with Crippen LogP contribution in [0.2, 0.25) is 0 Å². The number of hydrogen-bond acceptors (Lipinski definition) is 6. The number of aromatic hydroxyl groups is 1. The maximum atomic E-state index is 13.5. The fraction of sp³-hybridized carbons (Fsp3) is 0.409. The molecule has 0 atom stereocenters. The van der Waals surface area contributed by atoms with Crippen molar-refractivity contribution >= 4 is 5.91 Å². The Morgan fingerprint density at radius 1 is 0.897 bits per heavy atom. The van der Waals surface area contributed by atoms with E-state index in [-0.39, 0.29) is 11.7 Å². The van der Waals surface area contributed by atoms with E-state index in [1.807, 2.05) is 18.7 Å². The molecule has 1 heterocycles. The van der Waals surface area contributed by atoms with E-state index in [9.17, 15) is 9.90 Å². The first kappa shape index (κ1) is 20.6. The minimum Gasteiger partial charge on any atom is -0.504 e. The highest BCUT2D eigenvalue weighted by Crippen LogP contribution is 2.41. The van der Waals surface area contributed by atoms with E-state index in [4.69, 9.17) is 18.9 Å². The Morgan fingerprint density at radius 2 is 1.48 bits per heavy atom. The topological polar surface area (TPSA) is 77.5 Å². The summed E-state index contributed by atoms with van der Waals surface area (Å²) in [4.78, 5) is 15.3. The Kier molecular flexibility index (Phi) is 5.50. The predicted octanol–water partition coefficient (Wildman–Crippen LogP) is 3.40. The monoisotopic (exact) mass is 401 g/mol. The lowest BCUT2D eigenvalue weighted by Gasteiger charge is -2.43. The zero-order chi connectivity index (χ0) is 21.3. The van der Waals surface area contributed by atoms with E-state index in [0.717, 1.165) is 11.1 Å². The third-order valence-electron chi connectivity index (χ3n) is 5.34. The highest BCUT2D eigenvalue weighted by Gasteiger charge is 2.37. The Morgan fingerprint density at radius 3 is 2.00 bits per heavy atom. The lowest BCUT2D eigenvalue weighted by molar-refractivity contribution is 0.0487. The number of phenols is 1. The number of nitrogens with zero attached hydrogens (tertiary/aromatic N) is 1. The number of methoxy groups -OCH3 is 4. The van der Waals surface area contributed by atoms with Gasteiger partial charge in [-0.15, -0.1) is 0 Å². The molecule has 7 heteroatoms. The summed E-state index contributed by atoms with van der Waals surface area (Å²) in [5.74, 6) is 1.64. The van der Waals surface area contributed by atoms with Crippen LogP contribution < -0.4 is 18.9 Å². The maximum absolute atomic E-state index is 13.5. The van der Waals surface area contributed by atoms with Gasteiger partial charge in [-0.25, -0.2) is 0 Å². The number of rotatable bonds is 5. The van der Waals surface area contributed by atoms with Crippen LogP contribution in [0, 0.1) is 0 Å². The molecule has 2 aromatic carbocycles. The molecule has 2 aromatic rings. The van der Waals surface area contributed by atoms with Gasteiger partial charge in [-0.1, -0.05) is 0 Å². The van der Waals surface area contributed by atoms with Crippen molar-refractivity contribution in [3.63, 3.8) is 0 Å². The van der Waals surface area contributed by atoms with Crippen LogP contribution in [0.25, 0.3) is 0 Å². The Bertz CT molecular complexity index is 912. The van der Waals surface area contributed by atoms with Crippen molar-refractivity contribution in [3.8, 4) is 28.7 Å². The van der Waals surface area contributed by atoms with Crippen LogP contribution in [0.4, 0.5) is 0 Å². The van der Waals surface area contributed by atoms with Gasteiger partial charge in [-0.05, 0) is 55.7 Å². The van der Waals surface area contributed by atoms with E-state index >= 15 is 0 Å². The molecule has 0 radical (unpaired) electrons. The van der Waals surface area contributed by atoms with Crippen molar-refractivity contribution in [3.05, 3.63) is 41.0 Å². The molecule has 1 amide bonds. The van der Waals surface area contributed by atoms with Crippen molar-refractivity contribution in [1.82, 2.24) is 4.90 Å². The summed E-state index contributed by atoms with van der Waals surface area (Å²) in [6.07, 6.45) is 0.607. The molecule has 3 rings (SSSR count). The molecule has 0 unspecified atom stereocenters. The van der Waals surface area contributed by atoms with Crippen LogP contribution in [0.15, 0.2) is 24.3 Å². The minimum absolute atomic E-state index is 0.103. The molecular weight excluding hydrogens is 374 g/mol. The van der Waals surface area contributed by atoms with Crippen LogP contribution in [-0.2, 0) is 13.0 Å². The molecule has 7 nitrogen and oxygen atoms in total. The summed E-state index contributed by atoms with van der Waals surface area (Å²) in [5.41, 5.74) is 1.94. The molecule has 0 spiro atoms. The zero-order valence-corrected chi connectivity index (χ0v) is 17.7. The van der Waals surface area contributed by atoms with E-state index in [1.165, 1.54) is 28.4 Å². The van der Waals surface area contributed by atoms with E-state index in [1.54, 1.807) is 24.3 Å². The second-order valence-electron chi connectivity index (χ2n) is 7.59. The number of hydrogen-bond donors (Lipinski definition) is 1. The van der Waals surface area contributed by atoms with Gasteiger partial charge in [-0.2, -0.15) is 0 Å². The third kappa shape index (κ3) is 3.64. The summed E-state index contributed by atoms with van der Waals surface area (Å²) >= 11 is 0. The number of fused-ring (bicyclic) bond motifs is 1. The molecule has 1 N–H and O–H groups in total. The average molecular weight is 401 g/mol. The SMILES string of the molecule is COc1cc2c(cc1O)CC(C)(C)N(C(=O)c1cc(OC)c(OC)c(OC)c1)C2. The third-order valence-corrected chi connectivity index (χ3v) is 5.34. The highest BCUT2D eigenvalue weighted by molar-refractivity contribution is 5.96. The fourth-order valence-corrected chi connectivity index (χ4v) is 3.78. The first-order valence-corrected chi connectivity index (χ1v) is 9.26. The largest absolute Gasteiger partial charge is 0.504 e. The highest BCUT2D eigenvalue weighted by atomic mass is 16.5. The van der Waals surface area contributed by atoms with E-state index in [2.05, 4.69) is 0 Å². The lowest BCUT2D eigenvalue weighted by Crippen LogP contribution is -2.51. The summed E-state index contributed by atoms with van der Waals surface area (Å²) in [7, 11) is 6.07. The zero-order valence-electron chi connectivity index (χ0n) is 17.7. The molecule has 0 saturated carbocycles. The molecule has 0 saturated heterocycles. The van der Waals surface area contributed by atoms with Gasteiger partial charge in [0.2, 0.25) is 5.75 Å². The van der Waals surface area contributed by atoms with Crippen molar-refractivity contribution in [2.45, 2.75) is 32.4 Å². The summed E-state index contributed by atoms with van der Waals surface area (Å²) < 4.78 is 21.4. The molecule has 0 fully saturated rings. The second kappa shape index (κ2) is 7.73. The summed E-state index contributed by atoms with van der Waals surface area (Å²) in [6, 6.07) is 6.83. The number of benzene rings is 2. The summed E-state index contributed by atoms with van der Waals surface area (Å²) in [5, 5.41) is 10.1. The minimum atomic E-state index is -0.453. The van der Waals surface area contributed by atoms with Crippen LogP contribution in [-0.4, -0.2) is 49.9 Å². The van der Waals surface area contributed by atoms with Gasteiger partial charge in [-0.3, -0.25) is 4.79 Å². The fourth-order valence-electron chi connectivity index (χ4n) is 3.78. The quantitative estimate of drug-likeness (QED) is 0.827. The van der Waals surface area contributed by atoms with Crippen LogP contribution >= 0.6 is 0 Å². The van der Waals surface area contributed by atoms with Crippen molar-refractivity contribution in [1.29, 1.82) is 0 Å². The molecular formula is C22H27NO6. The predicted molar refractivity (Wildman–Crippen MR) is 108 cm³/mol. The molecule has 29 heavy (non-hydrogen) atoms. The van der Waals surface area contributed by atoms with Gasteiger partial charge >= 0.3 is 0 Å². The molecule has 0 aliphatic carbocycles. The standard InChI is InChI=1S/C22H27NO6/c1-22(2)11-14-7-16(24)17(26-3)10-15(14)12-23(22)21(25)13-8-18(27-4)20(29-6)19(9-13)28-5/h7-10,24H,11-12H2,1-6H3. The number of amides is 1.